The number of benzene rings is 1. The first-order chi connectivity index (χ1) is 12.2. The predicted octanol–water partition coefficient (Wildman–Crippen LogP) is 4.18. The monoisotopic (exact) mass is 407 g/mol. The Morgan fingerprint density at radius 1 is 1.16 bits per heavy atom. The first kappa shape index (κ1) is 19.7. The van der Waals surface area contributed by atoms with Crippen molar-refractivity contribution in [3.05, 3.63) is 45.8 Å². The summed E-state index contributed by atoms with van der Waals surface area (Å²) < 4.78 is 12.2. The van der Waals surface area contributed by atoms with Crippen molar-refractivity contribution in [2.75, 3.05) is 31.7 Å². The van der Waals surface area contributed by atoms with E-state index in [4.69, 9.17) is 9.47 Å². The van der Waals surface area contributed by atoms with E-state index in [0.29, 0.717) is 13.2 Å². The van der Waals surface area contributed by atoms with Crippen LogP contribution in [0.2, 0.25) is 0 Å². The van der Waals surface area contributed by atoms with E-state index < -0.39 is 0 Å². The van der Waals surface area contributed by atoms with Crippen LogP contribution < -0.4 is 10.1 Å². The van der Waals surface area contributed by atoms with Crippen molar-refractivity contribution in [1.82, 2.24) is 9.97 Å². The standard InChI is InChI=1S/C19H26BrN3O2/c1-4-16-18(20)19(23-13-22-16)21-9-11-25-17-7-6-15(12-14(17)3)8-10-24-5-2/h6-7,12-13H,4-5,8-11H2,1-3H3,(H,21,22,23). The van der Waals surface area contributed by atoms with Crippen LogP contribution in [-0.4, -0.2) is 36.3 Å². The Morgan fingerprint density at radius 3 is 2.72 bits per heavy atom. The largest absolute Gasteiger partial charge is 0.491 e. The molecule has 2 rings (SSSR count). The molecule has 5 nitrogen and oxygen atoms in total. The van der Waals surface area contributed by atoms with Gasteiger partial charge in [-0.2, -0.15) is 0 Å². The third-order valence-corrected chi connectivity index (χ3v) is 4.66. The summed E-state index contributed by atoms with van der Waals surface area (Å²) in [5.74, 6) is 1.72. The lowest BCUT2D eigenvalue weighted by Crippen LogP contribution is -2.14. The Bertz CT molecular complexity index is 680. The van der Waals surface area contributed by atoms with E-state index in [9.17, 15) is 0 Å². The average molecular weight is 408 g/mol. The Kier molecular flexibility index (Phi) is 8.15. The fraction of sp³-hybridized carbons (Fsp3) is 0.474. The van der Waals surface area contributed by atoms with Crippen molar-refractivity contribution in [3.8, 4) is 5.75 Å². The van der Waals surface area contributed by atoms with Crippen molar-refractivity contribution in [3.63, 3.8) is 0 Å². The van der Waals surface area contributed by atoms with Gasteiger partial charge in [0.2, 0.25) is 0 Å². The molecule has 6 heteroatoms. The maximum Gasteiger partial charge on any atom is 0.144 e. The summed E-state index contributed by atoms with van der Waals surface area (Å²) in [6.45, 7) is 8.91. The van der Waals surface area contributed by atoms with Crippen LogP contribution in [0.1, 0.15) is 30.7 Å². The lowest BCUT2D eigenvalue weighted by Gasteiger charge is -2.13. The van der Waals surface area contributed by atoms with Gasteiger partial charge >= 0.3 is 0 Å². The molecule has 0 fully saturated rings. The third-order valence-electron chi connectivity index (χ3n) is 3.83. The van der Waals surface area contributed by atoms with Crippen LogP contribution in [0.15, 0.2) is 29.0 Å². The second kappa shape index (κ2) is 10.4. The zero-order chi connectivity index (χ0) is 18.1. The number of anilines is 1. The molecule has 1 N–H and O–H groups in total. The highest BCUT2D eigenvalue weighted by Crippen LogP contribution is 2.23. The number of aryl methyl sites for hydroxylation is 2. The highest BCUT2D eigenvalue weighted by molar-refractivity contribution is 9.10. The second-order valence-corrected chi connectivity index (χ2v) is 6.45. The lowest BCUT2D eigenvalue weighted by molar-refractivity contribution is 0.151. The van der Waals surface area contributed by atoms with Crippen LogP contribution in [-0.2, 0) is 17.6 Å². The SMILES string of the molecule is CCOCCc1ccc(OCCNc2ncnc(CC)c2Br)c(C)c1. The van der Waals surface area contributed by atoms with Gasteiger partial charge < -0.3 is 14.8 Å². The fourth-order valence-electron chi connectivity index (χ4n) is 2.47. The molecule has 0 atom stereocenters. The van der Waals surface area contributed by atoms with E-state index in [1.54, 1.807) is 6.33 Å². The highest BCUT2D eigenvalue weighted by atomic mass is 79.9. The topological polar surface area (TPSA) is 56.3 Å². The molecule has 0 saturated carbocycles. The zero-order valence-corrected chi connectivity index (χ0v) is 16.7. The molecule has 1 heterocycles. The third kappa shape index (κ3) is 5.97. The number of aromatic nitrogens is 2. The molecule has 0 aliphatic rings. The molecule has 0 amide bonds. The van der Waals surface area contributed by atoms with E-state index in [-0.39, 0.29) is 0 Å². The van der Waals surface area contributed by atoms with Crippen molar-refractivity contribution in [1.29, 1.82) is 0 Å². The molecule has 1 aromatic heterocycles. The van der Waals surface area contributed by atoms with Gasteiger partial charge in [-0.3, -0.25) is 0 Å². The minimum atomic E-state index is 0.567. The Labute approximate surface area is 158 Å². The molecule has 0 aliphatic heterocycles. The molecule has 0 saturated heterocycles. The molecule has 136 valence electrons. The van der Waals surface area contributed by atoms with Gasteiger partial charge in [0.1, 0.15) is 24.5 Å². The first-order valence-corrected chi connectivity index (χ1v) is 9.48. The Hall–Kier alpha value is -1.66. The summed E-state index contributed by atoms with van der Waals surface area (Å²) >= 11 is 3.55. The van der Waals surface area contributed by atoms with E-state index in [1.807, 2.05) is 13.0 Å². The van der Waals surface area contributed by atoms with E-state index in [2.05, 4.69) is 57.2 Å². The maximum atomic E-state index is 5.88. The normalized spacial score (nSPS) is 10.7. The minimum absolute atomic E-state index is 0.567. The molecular weight excluding hydrogens is 382 g/mol. The summed E-state index contributed by atoms with van der Waals surface area (Å²) in [6, 6.07) is 6.30. The summed E-state index contributed by atoms with van der Waals surface area (Å²) in [7, 11) is 0. The van der Waals surface area contributed by atoms with Crippen LogP contribution in [0.4, 0.5) is 5.82 Å². The van der Waals surface area contributed by atoms with Crippen molar-refractivity contribution in [2.45, 2.75) is 33.6 Å². The van der Waals surface area contributed by atoms with Gasteiger partial charge in [0.25, 0.3) is 0 Å². The van der Waals surface area contributed by atoms with Gasteiger partial charge in [-0.1, -0.05) is 19.1 Å². The summed E-state index contributed by atoms with van der Waals surface area (Å²) in [5, 5.41) is 3.28. The first-order valence-electron chi connectivity index (χ1n) is 8.69. The Balaban J connectivity index is 1.82. The number of rotatable bonds is 10. The summed E-state index contributed by atoms with van der Waals surface area (Å²) in [5.41, 5.74) is 3.41. The number of hydrogen-bond donors (Lipinski definition) is 1. The predicted molar refractivity (Wildman–Crippen MR) is 104 cm³/mol. The molecule has 0 spiro atoms. The average Bonchev–Trinajstić information content (AvgIpc) is 2.61. The fourth-order valence-corrected chi connectivity index (χ4v) is 3.10. The number of ether oxygens (including phenoxy) is 2. The van der Waals surface area contributed by atoms with Gasteiger partial charge in [-0.05, 0) is 59.8 Å². The smallest absolute Gasteiger partial charge is 0.144 e. The highest BCUT2D eigenvalue weighted by Gasteiger charge is 2.07. The van der Waals surface area contributed by atoms with Gasteiger partial charge in [0.15, 0.2) is 0 Å². The lowest BCUT2D eigenvalue weighted by atomic mass is 10.1. The number of nitrogens with zero attached hydrogens (tertiary/aromatic N) is 2. The number of nitrogens with one attached hydrogen (secondary N) is 1. The van der Waals surface area contributed by atoms with Crippen LogP contribution in [0.25, 0.3) is 0 Å². The molecule has 0 aliphatic carbocycles. The van der Waals surface area contributed by atoms with E-state index in [0.717, 1.165) is 53.4 Å². The van der Waals surface area contributed by atoms with Crippen LogP contribution >= 0.6 is 15.9 Å². The maximum absolute atomic E-state index is 5.88. The number of hydrogen-bond acceptors (Lipinski definition) is 5. The Morgan fingerprint density at radius 2 is 2.00 bits per heavy atom. The van der Waals surface area contributed by atoms with Crippen LogP contribution in [0, 0.1) is 6.92 Å². The van der Waals surface area contributed by atoms with Crippen molar-refractivity contribution < 1.29 is 9.47 Å². The molecule has 25 heavy (non-hydrogen) atoms. The van der Waals surface area contributed by atoms with Crippen LogP contribution in [0.3, 0.4) is 0 Å². The molecular formula is C19H26BrN3O2. The van der Waals surface area contributed by atoms with Gasteiger partial charge in [0.05, 0.1) is 23.3 Å². The molecule has 1 aromatic carbocycles. The molecule has 2 aromatic rings. The second-order valence-electron chi connectivity index (χ2n) is 5.66. The molecule has 0 unspecified atom stereocenters. The molecule has 0 radical (unpaired) electrons. The summed E-state index contributed by atoms with van der Waals surface area (Å²) in [4.78, 5) is 8.50. The van der Waals surface area contributed by atoms with Crippen molar-refractivity contribution >= 4 is 21.7 Å². The van der Waals surface area contributed by atoms with E-state index >= 15 is 0 Å². The van der Waals surface area contributed by atoms with Crippen molar-refractivity contribution in [2.24, 2.45) is 0 Å². The number of halogens is 1. The van der Waals surface area contributed by atoms with Crippen LogP contribution in [0.5, 0.6) is 5.75 Å². The quantitative estimate of drug-likeness (QED) is 0.598. The minimum Gasteiger partial charge on any atom is -0.491 e. The molecule has 0 bridgehead atoms. The zero-order valence-electron chi connectivity index (χ0n) is 15.1. The van der Waals surface area contributed by atoms with Gasteiger partial charge in [-0.15, -0.1) is 0 Å². The van der Waals surface area contributed by atoms with Gasteiger partial charge in [0, 0.05) is 6.61 Å². The summed E-state index contributed by atoms with van der Waals surface area (Å²) in [6.07, 6.45) is 3.37. The van der Waals surface area contributed by atoms with Gasteiger partial charge in [-0.25, -0.2) is 9.97 Å². The van der Waals surface area contributed by atoms with E-state index in [1.165, 1.54) is 5.56 Å².